The van der Waals surface area contributed by atoms with Gasteiger partial charge in [0.25, 0.3) is 0 Å². The highest BCUT2D eigenvalue weighted by atomic mass is 79.9. The van der Waals surface area contributed by atoms with Crippen LogP contribution in [0.5, 0.6) is 0 Å². The molecule has 1 saturated carbocycles. The van der Waals surface area contributed by atoms with Crippen molar-refractivity contribution in [2.75, 3.05) is 0 Å². The van der Waals surface area contributed by atoms with Crippen LogP contribution < -0.4 is 0 Å². The van der Waals surface area contributed by atoms with Gasteiger partial charge in [0, 0.05) is 23.0 Å². The number of carbonyl (C=O) groups is 1. The molecule has 2 aromatic rings. The van der Waals surface area contributed by atoms with Gasteiger partial charge in [-0.1, -0.05) is 80.4 Å². The molecule has 0 saturated heterocycles. The van der Waals surface area contributed by atoms with Crippen molar-refractivity contribution >= 4 is 37.6 Å². The number of carbonyl (C=O) groups excluding carboxylic acids is 1. The zero-order valence-electron chi connectivity index (χ0n) is 9.94. The van der Waals surface area contributed by atoms with E-state index in [9.17, 15) is 4.79 Å². The maximum Gasteiger partial charge on any atom is 0.193 e. The van der Waals surface area contributed by atoms with Gasteiger partial charge in [0.15, 0.2) is 5.78 Å². The van der Waals surface area contributed by atoms with E-state index in [1.54, 1.807) is 0 Å². The zero-order chi connectivity index (χ0) is 13.2. The van der Waals surface area contributed by atoms with Crippen molar-refractivity contribution in [1.82, 2.24) is 0 Å². The van der Waals surface area contributed by atoms with Crippen LogP contribution >= 0.6 is 31.9 Å². The summed E-state index contributed by atoms with van der Waals surface area (Å²) in [5.74, 6) is 0.779. The average molecular weight is 378 g/mol. The lowest BCUT2D eigenvalue weighted by Crippen LogP contribution is -2.08. The van der Waals surface area contributed by atoms with Crippen molar-refractivity contribution in [2.24, 2.45) is 0 Å². The lowest BCUT2D eigenvalue weighted by atomic mass is 9.96. The van der Waals surface area contributed by atoms with Crippen LogP contribution in [0.15, 0.2) is 48.5 Å². The SMILES string of the molecule is O=C1c2ccccc2[C@@H]2[C@H](c3ccccc31)C2(Br)Br. The van der Waals surface area contributed by atoms with E-state index in [1.165, 1.54) is 0 Å². The zero-order valence-corrected chi connectivity index (χ0v) is 13.1. The molecule has 3 heteroatoms. The van der Waals surface area contributed by atoms with Crippen LogP contribution in [0, 0.1) is 0 Å². The molecule has 19 heavy (non-hydrogen) atoms. The Morgan fingerprint density at radius 1 is 0.789 bits per heavy atom. The molecule has 4 rings (SSSR count). The highest BCUT2D eigenvalue weighted by molar-refractivity contribution is 9.25. The summed E-state index contributed by atoms with van der Waals surface area (Å²) in [6, 6.07) is 15.9. The molecule has 2 atom stereocenters. The number of benzene rings is 2. The van der Waals surface area contributed by atoms with Crippen LogP contribution in [0.1, 0.15) is 38.9 Å². The molecule has 94 valence electrons. The minimum atomic E-state index is -0.118. The van der Waals surface area contributed by atoms with Gasteiger partial charge < -0.3 is 0 Å². The first-order chi connectivity index (χ1) is 9.12. The first-order valence-electron chi connectivity index (χ1n) is 6.22. The van der Waals surface area contributed by atoms with Crippen molar-refractivity contribution in [3.8, 4) is 0 Å². The Morgan fingerprint density at radius 2 is 1.21 bits per heavy atom. The topological polar surface area (TPSA) is 17.1 Å². The number of halogens is 2. The lowest BCUT2D eigenvalue weighted by molar-refractivity contribution is 0.103. The number of hydrogen-bond acceptors (Lipinski definition) is 1. The van der Waals surface area contributed by atoms with Crippen LogP contribution in [0.2, 0.25) is 0 Å². The summed E-state index contributed by atoms with van der Waals surface area (Å²) in [7, 11) is 0. The van der Waals surface area contributed by atoms with E-state index in [-0.39, 0.29) is 9.02 Å². The minimum absolute atomic E-state index is 0.118. The van der Waals surface area contributed by atoms with Gasteiger partial charge >= 0.3 is 0 Å². The second-order valence-electron chi connectivity index (χ2n) is 5.13. The molecule has 0 amide bonds. The maximum absolute atomic E-state index is 12.7. The maximum atomic E-state index is 12.7. The Labute approximate surface area is 128 Å². The molecule has 0 spiro atoms. The van der Waals surface area contributed by atoms with E-state index < -0.39 is 0 Å². The van der Waals surface area contributed by atoms with Gasteiger partial charge in [0.1, 0.15) is 0 Å². The fourth-order valence-corrected chi connectivity index (χ4v) is 4.98. The second-order valence-corrected chi connectivity index (χ2v) is 8.82. The molecule has 0 unspecified atom stereocenters. The summed E-state index contributed by atoms with van der Waals surface area (Å²) >= 11 is 7.56. The molecule has 0 N–H and O–H groups in total. The average Bonchev–Trinajstić information content (AvgIpc) is 3.02. The predicted octanol–water partition coefficient (Wildman–Crippen LogP) is 4.60. The predicted molar refractivity (Wildman–Crippen MR) is 82.4 cm³/mol. The molecular formula is C16H10Br2O. The van der Waals surface area contributed by atoms with E-state index >= 15 is 0 Å². The fraction of sp³-hybridized carbons (Fsp3) is 0.188. The first kappa shape index (κ1) is 11.9. The van der Waals surface area contributed by atoms with Crippen molar-refractivity contribution < 1.29 is 4.79 Å². The van der Waals surface area contributed by atoms with Gasteiger partial charge in [-0.15, -0.1) is 0 Å². The summed E-state index contributed by atoms with van der Waals surface area (Å²) in [5.41, 5.74) is 3.95. The summed E-state index contributed by atoms with van der Waals surface area (Å²) in [6.07, 6.45) is 0. The number of fused-ring (bicyclic) bond motifs is 5. The van der Waals surface area contributed by atoms with Crippen molar-refractivity contribution in [3.63, 3.8) is 0 Å². The van der Waals surface area contributed by atoms with Gasteiger partial charge in [0.05, 0.1) is 3.23 Å². The number of hydrogen-bond donors (Lipinski definition) is 0. The Morgan fingerprint density at radius 3 is 1.68 bits per heavy atom. The summed E-state index contributed by atoms with van der Waals surface area (Å²) in [4.78, 5) is 12.7. The third kappa shape index (κ3) is 1.49. The van der Waals surface area contributed by atoms with Crippen molar-refractivity contribution in [1.29, 1.82) is 0 Å². The Bertz CT molecular complexity index is 648. The van der Waals surface area contributed by atoms with E-state index in [0.717, 1.165) is 22.3 Å². The van der Waals surface area contributed by atoms with E-state index in [0.29, 0.717) is 11.8 Å². The smallest absolute Gasteiger partial charge is 0.193 e. The van der Waals surface area contributed by atoms with Crippen LogP contribution in [-0.4, -0.2) is 9.02 Å². The quantitative estimate of drug-likeness (QED) is 0.613. The third-order valence-corrected chi connectivity index (χ3v) is 6.11. The Hall–Kier alpha value is -0.930. The van der Waals surface area contributed by atoms with Gasteiger partial charge in [-0.25, -0.2) is 0 Å². The number of rotatable bonds is 0. The van der Waals surface area contributed by atoms with Crippen LogP contribution in [-0.2, 0) is 0 Å². The minimum Gasteiger partial charge on any atom is -0.289 e. The van der Waals surface area contributed by atoms with E-state index in [4.69, 9.17) is 0 Å². The monoisotopic (exact) mass is 376 g/mol. The van der Waals surface area contributed by atoms with Gasteiger partial charge in [-0.3, -0.25) is 4.79 Å². The molecule has 2 aliphatic carbocycles. The summed E-state index contributed by atoms with van der Waals surface area (Å²) in [5, 5.41) is 0. The van der Waals surface area contributed by atoms with Gasteiger partial charge in [-0.2, -0.15) is 0 Å². The normalized spacial score (nSPS) is 25.9. The summed E-state index contributed by atoms with van der Waals surface area (Å²) < 4.78 is -0.118. The van der Waals surface area contributed by atoms with Gasteiger partial charge in [0.2, 0.25) is 0 Å². The van der Waals surface area contributed by atoms with Crippen LogP contribution in [0.4, 0.5) is 0 Å². The fourth-order valence-electron chi connectivity index (χ4n) is 3.20. The largest absolute Gasteiger partial charge is 0.289 e. The van der Waals surface area contributed by atoms with Crippen molar-refractivity contribution in [3.05, 3.63) is 70.8 Å². The Kier molecular flexibility index (Phi) is 2.37. The molecule has 0 heterocycles. The number of ketones is 1. The molecule has 2 aliphatic rings. The standard InChI is InChI=1S/C16H10Br2O/c17-16(18)13-9-5-1-3-7-11(9)15(19)12-8-4-2-6-10(12)14(13)16/h1-8,13-14H/t13-,14+. The lowest BCUT2D eigenvalue weighted by Gasteiger charge is -2.10. The first-order valence-corrected chi connectivity index (χ1v) is 7.81. The highest BCUT2D eigenvalue weighted by Crippen LogP contribution is 2.73. The Balaban J connectivity index is 2.05. The van der Waals surface area contributed by atoms with Crippen molar-refractivity contribution in [2.45, 2.75) is 15.1 Å². The highest BCUT2D eigenvalue weighted by Gasteiger charge is 2.65. The molecule has 0 aromatic heterocycles. The van der Waals surface area contributed by atoms with Crippen LogP contribution in [0.3, 0.4) is 0 Å². The third-order valence-electron chi connectivity index (χ3n) is 4.13. The molecule has 2 aromatic carbocycles. The molecule has 0 radical (unpaired) electrons. The second kappa shape index (κ2) is 3.80. The summed E-state index contributed by atoms with van der Waals surface area (Å²) in [6.45, 7) is 0. The van der Waals surface area contributed by atoms with Crippen LogP contribution in [0.25, 0.3) is 0 Å². The number of alkyl halides is 2. The van der Waals surface area contributed by atoms with E-state index in [2.05, 4.69) is 44.0 Å². The molecule has 0 aliphatic heterocycles. The molecule has 1 fully saturated rings. The molecule has 0 bridgehead atoms. The van der Waals surface area contributed by atoms with E-state index in [1.807, 2.05) is 36.4 Å². The molecular weight excluding hydrogens is 368 g/mol. The molecule has 1 nitrogen and oxygen atoms in total. The van der Waals surface area contributed by atoms with Gasteiger partial charge in [-0.05, 0) is 11.1 Å².